The Morgan fingerprint density at radius 1 is 1.64 bits per heavy atom. The minimum absolute atomic E-state index is 0.161. The topological polar surface area (TPSA) is 21.3 Å². The second-order valence-corrected chi connectivity index (χ2v) is 3.04. The molecule has 66 valence electrons. The van der Waals surface area contributed by atoms with Crippen molar-refractivity contribution >= 4 is 0 Å². The molecule has 0 aromatic carbocycles. The van der Waals surface area contributed by atoms with Gasteiger partial charge in [0.25, 0.3) is 0 Å². The van der Waals surface area contributed by atoms with Crippen molar-refractivity contribution in [3.63, 3.8) is 0 Å². The molecule has 2 heteroatoms. The lowest BCUT2D eigenvalue weighted by Gasteiger charge is -2.31. The van der Waals surface area contributed by atoms with Crippen LogP contribution in [-0.4, -0.2) is 25.3 Å². The second-order valence-electron chi connectivity index (χ2n) is 3.04. The first-order valence-corrected chi connectivity index (χ1v) is 4.02. The Kier molecular flexibility index (Phi) is 4.38. The fourth-order valence-electron chi connectivity index (χ4n) is 1.21. The molecule has 0 spiro atoms. The van der Waals surface area contributed by atoms with Crippen LogP contribution in [0.25, 0.3) is 0 Å². The Morgan fingerprint density at radius 3 is 2.45 bits per heavy atom. The highest BCUT2D eigenvalue weighted by Gasteiger charge is 2.25. The van der Waals surface area contributed by atoms with E-state index in [1.165, 1.54) is 0 Å². The Bertz CT molecular complexity index is 121. The molecule has 0 aliphatic rings. The molecule has 0 aromatic heterocycles. The van der Waals surface area contributed by atoms with Gasteiger partial charge >= 0.3 is 0 Å². The molecule has 0 saturated heterocycles. The molecule has 1 atom stereocenters. The van der Waals surface area contributed by atoms with Gasteiger partial charge in [0.1, 0.15) is 0 Å². The predicted octanol–water partition coefficient (Wildman–Crippen LogP) is 1.58. The highest BCUT2D eigenvalue weighted by molar-refractivity contribution is 4.97. The van der Waals surface area contributed by atoms with E-state index in [4.69, 9.17) is 4.74 Å². The lowest BCUT2D eigenvalue weighted by molar-refractivity contribution is -0.0251. The summed E-state index contributed by atoms with van der Waals surface area (Å²) in [6.45, 7) is 10.6. The monoisotopic (exact) mass is 157 g/mol. The van der Waals surface area contributed by atoms with Crippen molar-refractivity contribution in [1.29, 1.82) is 0 Å². The van der Waals surface area contributed by atoms with Crippen molar-refractivity contribution in [3.05, 3.63) is 12.7 Å². The Balaban J connectivity index is 4.11. The molecule has 0 aliphatic heterocycles. The van der Waals surface area contributed by atoms with E-state index in [-0.39, 0.29) is 11.6 Å². The Hall–Kier alpha value is -0.340. The summed E-state index contributed by atoms with van der Waals surface area (Å²) in [6.07, 6.45) is 1.87. The van der Waals surface area contributed by atoms with Crippen LogP contribution in [0.1, 0.15) is 20.8 Å². The maximum atomic E-state index is 5.54. The van der Waals surface area contributed by atoms with E-state index in [0.29, 0.717) is 0 Å². The van der Waals surface area contributed by atoms with Crippen molar-refractivity contribution in [2.45, 2.75) is 32.4 Å². The third-order valence-electron chi connectivity index (χ3n) is 1.81. The molecule has 1 unspecified atom stereocenters. The first kappa shape index (κ1) is 10.7. The summed E-state index contributed by atoms with van der Waals surface area (Å²) in [5.74, 6) is 0. The van der Waals surface area contributed by atoms with Crippen molar-refractivity contribution in [2.75, 3.05) is 13.7 Å². The van der Waals surface area contributed by atoms with Gasteiger partial charge in [-0.25, -0.2) is 0 Å². The maximum Gasteiger partial charge on any atom is 0.0814 e. The van der Waals surface area contributed by atoms with Gasteiger partial charge in [-0.1, -0.05) is 6.08 Å². The van der Waals surface area contributed by atoms with Crippen LogP contribution in [-0.2, 0) is 4.74 Å². The molecule has 0 aliphatic carbocycles. The molecule has 11 heavy (non-hydrogen) atoms. The van der Waals surface area contributed by atoms with E-state index in [9.17, 15) is 0 Å². The van der Waals surface area contributed by atoms with Gasteiger partial charge in [-0.3, -0.25) is 0 Å². The lowest BCUT2D eigenvalue weighted by Crippen LogP contribution is -2.45. The molecule has 0 fully saturated rings. The average molecular weight is 157 g/mol. The van der Waals surface area contributed by atoms with Crippen LogP contribution >= 0.6 is 0 Å². The van der Waals surface area contributed by atoms with E-state index >= 15 is 0 Å². The average Bonchev–Trinajstić information content (AvgIpc) is 1.89. The lowest BCUT2D eigenvalue weighted by atomic mass is 9.99. The quantitative estimate of drug-likeness (QED) is 0.612. The normalized spacial score (nSPS) is 14.5. The van der Waals surface area contributed by atoms with Crippen LogP contribution in [0.3, 0.4) is 0 Å². The van der Waals surface area contributed by atoms with Gasteiger partial charge in [0.15, 0.2) is 0 Å². The number of hydrogen-bond donors (Lipinski definition) is 1. The van der Waals surface area contributed by atoms with E-state index < -0.39 is 0 Å². The van der Waals surface area contributed by atoms with Crippen LogP contribution in [0.15, 0.2) is 12.7 Å². The van der Waals surface area contributed by atoms with Gasteiger partial charge in [0, 0.05) is 6.61 Å². The summed E-state index contributed by atoms with van der Waals surface area (Å²) in [7, 11) is 1.91. The summed E-state index contributed by atoms with van der Waals surface area (Å²) in [4.78, 5) is 0. The minimum atomic E-state index is -0.161. The third-order valence-corrected chi connectivity index (χ3v) is 1.81. The van der Waals surface area contributed by atoms with E-state index in [1.807, 2.05) is 20.0 Å². The van der Waals surface area contributed by atoms with Gasteiger partial charge in [0.2, 0.25) is 0 Å². The molecular weight excluding hydrogens is 138 g/mol. The Morgan fingerprint density at radius 2 is 2.18 bits per heavy atom. The first-order chi connectivity index (χ1) is 5.08. The fraction of sp³-hybridized carbons (Fsp3) is 0.778. The molecule has 0 bridgehead atoms. The number of rotatable bonds is 5. The van der Waals surface area contributed by atoms with Crippen molar-refractivity contribution in [2.24, 2.45) is 0 Å². The molecule has 2 nitrogen and oxygen atoms in total. The standard InChI is InChI=1S/C9H19NO/c1-6-8(10-5)9(3,4)11-7-2/h6,8,10H,1,7H2,2-5H3. The van der Waals surface area contributed by atoms with E-state index in [2.05, 4.69) is 25.7 Å². The smallest absolute Gasteiger partial charge is 0.0814 e. The molecule has 0 amide bonds. The zero-order valence-corrected chi connectivity index (χ0v) is 7.98. The highest BCUT2D eigenvalue weighted by Crippen LogP contribution is 2.14. The van der Waals surface area contributed by atoms with Crippen LogP contribution in [0.2, 0.25) is 0 Å². The van der Waals surface area contributed by atoms with Crippen LogP contribution in [0.4, 0.5) is 0 Å². The summed E-state index contributed by atoms with van der Waals surface area (Å²) in [5.41, 5.74) is -0.161. The van der Waals surface area contributed by atoms with E-state index in [0.717, 1.165) is 6.61 Å². The Labute approximate surface area is 69.6 Å². The molecule has 0 rings (SSSR count). The number of ether oxygens (including phenoxy) is 1. The number of hydrogen-bond acceptors (Lipinski definition) is 2. The maximum absolute atomic E-state index is 5.54. The third kappa shape index (κ3) is 3.04. The van der Waals surface area contributed by atoms with Crippen LogP contribution in [0, 0.1) is 0 Å². The van der Waals surface area contributed by atoms with Crippen LogP contribution in [0.5, 0.6) is 0 Å². The molecule has 0 aromatic rings. The second kappa shape index (κ2) is 4.52. The largest absolute Gasteiger partial charge is 0.374 e. The van der Waals surface area contributed by atoms with Crippen molar-refractivity contribution in [3.8, 4) is 0 Å². The summed E-state index contributed by atoms with van der Waals surface area (Å²) >= 11 is 0. The molecule has 0 heterocycles. The summed E-state index contributed by atoms with van der Waals surface area (Å²) in [6, 6.07) is 0.211. The van der Waals surface area contributed by atoms with Gasteiger partial charge in [0.05, 0.1) is 11.6 Å². The zero-order chi connectivity index (χ0) is 8.91. The van der Waals surface area contributed by atoms with Gasteiger partial charge < -0.3 is 10.1 Å². The van der Waals surface area contributed by atoms with E-state index in [1.54, 1.807) is 0 Å². The number of nitrogens with one attached hydrogen (secondary N) is 1. The summed E-state index contributed by atoms with van der Waals surface area (Å²) in [5, 5.41) is 3.13. The molecule has 0 saturated carbocycles. The SMILES string of the molecule is C=CC(NC)C(C)(C)OCC. The minimum Gasteiger partial charge on any atom is -0.374 e. The van der Waals surface area contributed by atoms with Gasteiger partial charge in [-0.05, 0) is 27.8 Å². The highest BCUT2D eigenvalue weighted by atomic mass is 16.5. The van der Waals surface area contributed by atoms with Gasteiger partial charge in [-0.15, -0.1) is 6.58 Å². The summed E-state index contributed by atoms with van der Waals surface area (Å²) < 4.78 is 5.54. The predicted molar refractivity (Wildman–Crippen MR) is 48.7 cm³/mol. The molecular formula is C9H19NO. The zero-order valence-electron chi connectivity index (χ0n) is 7.98. The van der Waals surface area contributed by atoms with Gasteiger partial charge in [-0.2, -0.15) is 0 Å². The first-order valence-electron chi connectivity index (χ1n) is 4.02. The van der Waals surface area contributed by atoms with Crippen molar-refractivity contribution < 1.29 is 4.74 Å². The molecule has 1 N–H and O–H groups in total. The number of likely N-dealkylation sites (N-methyl/N-ethyl adjacent to an activating group) is 1. The fourth-order valence-corrected chi connectivity index (χ4v) is 1.21. The molecule has 0 radical (unpaired) electrons. The van der Waals surface area contributed by atoms with Crippen LogP contribution < -0.4 is 5.32 Å². The van der Waals surface area contributed by atoms with Crippen molar-refractivity contribution in [1.82, 2.24) is 5.32 Å².